The van der Waals surface area contributed by atoms with Crippen LogP contribution in [0.5, 0.6) is 0 Å². The smallest absolute Gasteiger partial charge is 0.109 e. The lowest BCUT2D eigenvalue weighted by Crippen LogP contribution is -2.15. The highest BCUT2D eigenvalue weighted by Gasteiger charge is 2.25. The van der Waals surface area contributed by atoms with Gasteiger partial charge in [-0.25, -0.2) is 4.98 Å². The Morgan fingerprint density at radius 2 is 2.25 bits per heavy atom. The number of hydrogen-bond acceptors (Lipinski definition) is 2. The van der Waals surface area contributed by atoms with Gasteiger partial charge < -0.3 is 10.3 Å². The fourth-order valence-electron chi connectivity index (χ4n) is 2.67. The maximum atomic E-state index is 4.54. The lowest BCUT2D eigenvalue weighted by Gasteiger charge is -2.05. The number of rotatable bonds is 4. The fourth-order valence-corrected chi connectivity index (χ4v) is 2.67. The van der Waals surface area contributed by atoms with Crippen LogP contribution in [0.3, 0.4) is 0 Å². The SMILES string of the molecule is CC1CCC(c2ncc(CNC3CC3)[nH]2)C1. The Balaban J connectivity index is 1.58. The van der Waals surface area contributed by atoms with Gasteiger partial charge in [-0.1, -0.05) is 6.92 Å². The zero-order chi connectivity index (χ0) is 11.0. The van der Waals surface area contributed by atoms with Crippen LogP contribution in [0.4, 0.5) is 0 Å². The van der Waals surface area contributed by atoms with Crippen molar-refractivity contribution in [2.45, 2.75) is 57.5 Å². The Morgan fingerprint density at radius 1 is 1.38 bits per heavy atom. The average molecular weight is 219 g/mol. The van der Waals surface area contributed by atoms with Gasteiger partial charge in [0.1, 0.15) is 5.82 Å². The van der Waals surface area contributed by atoms with Crippen LogP contribution >= 0.6 is 0 Å². The quantitative estimate of drug-likeness (QED) is 0.817. The van der Waals surface area contributed by atoms with Crippen LogP contribution < -0.4 is 5.32 Å². The van der Waals surface area contributed by atoms with E-state index >= 15 is 0 Å². The number of nitrogens with zero attached hydrogens (tertiary/aromatic N) is 1. The average Bonchev–Trinajstić information content (AvgIpc) is 2.81. The summed E-state index contributed by atoms with van der Waals surface area (Å²) in [4.78, 5) is 8.02. The van der Waals surface area contributed by atoms with E-state index in [2.05, 4.69) is 22.2 Å². The van der Waals surface area contributed by atoms with E-state index < -0.39 is 0 Å². The van der Waals surface area contributed by atoms with Gasteiger partial charge in [-0.2, -0.15) is 0 Å². The highest BCUT2D eigenvalue weighted by molar-refractivity contribution is 5.07. The number of aromatic nitrogens is 2. The molecule has 2 fully saturated rings. The van der Waals surface area contributed by atoms with E-state index in [4.69, 9.17) is 0 Å². The summed E-state index contributed by atoms with van der Waals surface area (Å²) in [7, 11) is 0. The van der Waals surface area contributed by atoms with Crippen molar-refractivity contribution in [3.63, 3.8) is 0 Å². The van der Waals surface area contributed by atoms with Gasteiger partial charge in [0.15, 0.2) is 0 Å². The molecule has 0 amide bonds. The molecule has 0 aliphatic heterocycles. The molecule has 0 bridgehead atoms. The third kappa shape index (κ3) is 2.29. The molecule has 1 aromatic rings. The Kier molecular flexibility index (Phi) is 2.72. The van der Waals surface area contributed by atoms with E-state index in [0.29, 0.717) is 5.92 Å². The molecule has 2 unspecified atom stereocenters. The van der Waals surface area contributed by atoms with Crippen LogP contribution in [0.1, 0.15) is 56.5 Å². The second kappa shape index (κ2) is 4.21. The molecule has 2 N–H and O–H groups in total. The summed E-state index contributed by atoms with van der Waals surface area (Å²) < 4.78 is 0. The van der Waals surface area contributed by atoms with Gasteiger partial charge >= 0.3 is 0 Å². The molecule has 3 rings (SSSR count). The van der Waals surface area contributed by atoms with Gasteiger partial charge in [0.25, 0.3) is 0 Å². The Bertz CT molecular complexity index is 354. The number of nitrogens with one attached hydrogen (secondary N) is 2. The van der Waals surface area contributed by atoms with Crippen LogP contribution in [0, 0.1) is 5.92 Å². The standard InChI is InChI=1S/C13H21N3/c1-9-2-3-10(6-9)13-15-8-12(16-13)7-14-11-4-5-11/h8-11,14H,2-7H2,1H3,(H,15,16). The summed E-state index contributed by atoms with van der Waals surface area (Å²) in [6.07, 6.45) is 8.68. The summed E-state index contributed by atoms with van der Waals surface area (Å²) in [6.45, 7) is 3.30. The van der Waals surface area contributed by atoms with E-state index in [-0.39, 0.29) is 0 Å². The van der Waals surface area contributed by atoms with E-state index in [0.717, 1.165) is 18.5 Å². The minimum atomic E-state index is 0.685. The second-order valence-corrected chi connectivity index (χ2v) is 5.56. The molecule has 2 saturated carbocycles. The van der Waals surface area contributed by atoms with E-state index in [1.165, 1.54) is 43.6 Å². The molecule has 0 saturated heterocycles. The van der Waals surface area contributed by atoms with Crippen LogP contribution in [0.2, 0.25) is 0 Å². The van der Waals surface area contributed by atoms with Crippen molar-refractivity contribution in [1.82, 2.24) is 15.3 Å². The van der Waals surface area contributed by atoms with Gasteiger partial charge in [-0.15, -0.1) is 0 Å². The van der Waals surface area contributed by atoms with E-state index in [9.17, 15) is 0 Å². The van der Waals surface area contributed by atoms with Crippen molar-refractivity contribution in [3.05, 3.63) is 17.7 Å². The van der Waals surface area contributed by atoms with Crippen molar-refractivity contribution in [3.8, 4) is 0 Å². The van der Waals surface area contributed by atoms with Crippen molar-refractivity contribution >= 4 is 0 Å². The minimum Gasteiger partial charge on any atom is -0.345 e. The van der Waals surface area contributed by atoms with Crippen LogP contribution in [0.25, 0.3) is 0 Å². The molecule has 16 heavy (non-hydrogen) atoms. The van der Waals surface area contributed by atoms with Crippen molar-refractivity contribution in [1.29, 1.82) is 0 Å². The van der Waals surface area contributed by atoms with Crippen LogP contribution in [-0.4, -0.2) is 16.0 Å². The third-order valence-corrected chi connectivity index (χ3v) is 3.89. The summed E-state index contributed by atoms with van der Waals surface area (Å²) in [5.41, 5.74) is 1.25. The van der Waals surface area contributed by atoms with Crippen molar-refractivity contribution in [2.24, 2.45) is 5.92 Å². The lowest BCUT2D eigenvalue weighted by atomic mass is 10.1. The first-order chi connectivity index (χ1) is 7.81. The predicted octanol–water partition coefficient (Wildman–Crippen LogP) is 2.57. The first-order valence-electron chi connectivity index (χ1n) is 6.58. The summed E-state index contributed by atoms with van der Waals surface area (Å²) in [6, 6.07) is 0.776. The molecule has 2 aliphatic rings. The van der Waals surface area contributed by atoms with Gasteiger partial charge in [0.2, 0.25) is 0 Å². The second-order valence-electron chi connectivity index (χ2n) is 5.56. The number of aromatic amines is 1. The molecular formula is C13H21N3. The fraction of sp³-hybridized carbons (Fsp3) is 0.769. The van der Waals surface area contributed by atoms with E-state index in [1.54, 1.807) is 0 Å². The van der Waals surface area contributed by atoms with E-state index in [1.807, 2.05) is 6.20 Å². The number of imidazole rings is 1. The summed E-state index contributed by atoms with van der Waals surface area (Å²) in [5.74, 6) is 2.78. The molecular weight excluding hydrogens is 198 g/mol. The monoisotopic (exact) mass is 219 g/mol. The zero-order valence-corrected chi connectivity index (χ0v) is 10.00. The maximum absolute atomic E-state index is 4.54. The summed E-state index contributed by atoms with van der Waals surface area (Å²) in [5, 5.41) is 3.51. The number of H-pyrrole nitrogens is 1. The Labute approximate surface area is 97.0 Å². The normalized spacial score (nSPS) is 29.8. The first kappa shape index (κ1) is 10.3. The largest absolute Gasteiger partial charge is 0.345 e. The van der Waals surface area contributed by atoms with Gasteiger partial charge in [-0.05, 0) is 38.0 Å². The first-order valence-corrected chi connectivity index (χ1v) is 6.58. The lowest BCUT2D eigenvalue weighted by molar-refractivity contribution is 0.586. The molecule has 88 valence electrons. The highest BCUT2D eigenvalue weighted by atomic mass is 15.0. The minimum absolute atomic E-state index is 0.685. The molecule has 0 aromatic carbocycles. The third-order valence-electron chi connectivity index (χ3n) is 3.89. The molecule has 0 radical (unpaired) electrons. The topological polar surface area (TPSA) is 40.7 Å². The number of hydrogen-bond donors (Lipinski definition) is 2. The van der Waals surface area contributed by atoms with Crippen LogP contribution in [-0.2, 0) is 6.54 Å². The summed E-state index contributed by atoms with van der Waals surface area (Å²) >= 11 is 0. The highest BCUT2D eigenvalue weighted by Crippen LogP contribution is 2.36. The van der Waals surface area contributed by atoms with Crippen LogP contribution in [0.15, 0.2) is 6.20 Å². The molecule has 1 aromatic heterocycles. The zero-order valence-electron chi connectivity index (χ0n) is 10.00. The van der Waals surface area contributed by atoms with Crippen molar-refractivity contribution in [2.75, 3.05) is 0 Å². The van der Waals surface area contributed by atoms with Gasteiger partial charge in [0, 0.05) is 30.4 Å². The maximum Gasteiger partial charge on any atom is 0.109 e. The van der Waals surface area contributed by atoms with Gasteiger partial charge in [0.05, 0.1) is 0 Å². The predicted molar refractivity (Wildman–Crippen MR) is 64.2 cm³/mol. The Morgan fingerprint density at radius 3 is 2.94 bits per heavy atom. The molecule has 3 nitrogen and oxygen atoms in total. The molecule has 2 aliphatic carbocycles. The molecule has 0 spiro atoms. The molecule has 1 heterocycles. The molecule has 2 atom stereocenters. The van der Waals surface area contributed by atoms with Gasteiger partial charge in [-0.3, -0.25) is 0 Å². The molecule has 3 heteroatoms. The Hall–Kier alpha value is -0.830. The van der Waals surface area contributed by atoms with Crippen molar-refractivity contribution < 1.29 is 0 Å².